The first-order chi connectivity index (χ1) is 13.6. The zero-order chi connectivity index (χ0) is 21.8. The number of hydrogen-bond donors (Lipinski definition) is 2. The van der Waals surface area contributed by atoms with Gasteiger partial charge in [-0.1, -0.05) is 26.3 Å². The molecule has 2 unspecified atom stereocenters. The zero-order valence-electron chi connectivity index (χ0n) is 17.4. The van der Waals surface area contributed by atoms with Crippen molar-refractivity contribution in [3.63, 3.8) is 0 Å². The lowest BCUT2D eigenvalue weighted by molar-refractivity contribution is 0.314. The van der Waals surface area contributed by atoms with Crippen molar-refractivity contribution >= 4 is 27.0 Å². The maximum absolute atomic E-state index is 12.6. The van der Waals surface area contributed by atoms with Crippen LogP contribution < -0.4 is 20.6 Å². The minimum atomic E-state index is -3.77. The number of H-pyrrole nitrogens is 1. The number of sulfonamides is 1. The first kappa shape index (κ1) is 22.7. The molecule has 10 nitrogen and oxygen atoms in total. The van der Waals surface area contributed by atoms with Crippen LogP contribution in [0.5, 0.6) is 6.01 Å². The zero-order valence-corrected chi connectivity index (χ0v) is 18.2. The Morgan fingerprint density at radius 1 is 1.38 bits per heavy atom. The maximum atomic E-state index is 12.6. The highest BCUT2D eigenvalue weighted by Gasteiger charge is 2.26. The van der Waals surface area contributed by atoms with E-state index in [0.29, 0.717) is 18.9 Å². The summed E-state index contributed by atoms with van der Waals surface area (Å²) in [4.78, 5) is 23.3. The summed E-state index contributed by atoms with van der Waals surface area (Å²) in [6.07, 6.45) is 5.30. The van der Waals surface area contributed by atoms with Gasteiger partial charge in [-0.2, -0.15) is 14.6 Å². The lowest BCUT2D eigenvalue weighted by atomic mass is 9.86. The fraction of sp³-hybridized carbons (Fsp3) is 0.611. The van der Waals surface area contributed by atoms with Gasteiger partial charge < -0.3 is 10.5 Å². The predicted molar refractivity (Wildman–Crippen MR) is 114 cm³/mol. The molecule has 0 fully saturated rings. The fourth-order valence-electron chi connectivity index (χ4n) is 3.35. The number of imidazole rings is 1. The van der Waals surface area contributed by atoms with Crippen LogP contribution in [0.2, 0.25) is 0 Å². The molecule has 0 bridgehead atoms. The number of allylic oxidation sites excluding steroid dienone is 1. The molecular formula is C18H30N6O4S. The molecule has 0 aliphatic rings. The van der Waals surface area contributed by atoms with Gasteiger partial charge in [0, 0.05) is 0 Å². The van der Waals surface area contributed by atoms with Crippen molar-refractivity contribution in [1.82, 2.24) is 19.6 Å². The Morgan fingerprint density at radius 2 is 2.07 bits per heavy atom. The number of hydrogen-bond acceptors (Lipinski definition) is 7. The molecule has 2 heterocycles. The molecule has 0 radical (unpaired) electrons. The lowest BCUT2D eigenvalue weighted by Gasteiger charge is -2.27. The average molecular weight is 427 g/mol. The number of nitrogen functional groups attached to an aromatic ring is 1. The van der Waals surface area contributed by atoms with E-state index in [1.807, 2.05) is 6.08 Å². The summed E-state index contributed by atoms with van der Waals surface area (Å²) >= 11 is 0. The Balaban J connectivity index is 2.48. The predicted octanol–water partition coefficient (Wildman–Crippen LogP) is 1.63. The van der Waals surface area contributed by atoms with Crippen LogP contribution in [-0.2, 0) is 10.0 Å². The molecule has 2 atom stereocenters. The van der Waals surface area contributed by atoms with Gasteiger partial charge in [0.15, 0.2) is 11.5 Å². The highest BCUT2D eigenvalue weighted by molar-refractivity contribution is 7.91. The summed E-state index contributed by atoms with van der Waals surface area (Å²) in [6.45, 7) is 10.1. The number of ether oxygens (including phenoxy) is 1. The van der Waals surface area contributed by atoms with E-state index in [9.17, 15) is 13.2 Å². The number of nitrogens with zero attached hydrogens (tertiary/aromatic N) is 4. The molecule has 2 rings (SSSR count). The van der Waals surface area contributed by atoms with Gasteiger partial charge in [0.05, 0.1) is 19.4 Å². The Bertz CT molecular complexity index is 1010. The van der Waals surface area contributed by atoms with Gasteiger partial charge in [-0.3, -0.25) is 4.98 Å². The molecule has 2 aromatic heterocycles. The van der Waals surface area contributed by atoms with Crippen LogP contribution in [0.15, 0.2) is 17.4 Å². The van der Waals surface area contributed by atoms with E-state index in [2.05, 4.69) is 35.4 Å². The van der Waals surface area contributed by atoms with Crippen LogP contribution >= 0.6 is 0 Å². The molecule has 0 amide bonds. The molecule has 11 heteroatoms. The molecular weight excluding hydrogens is 396 g/mol. The minimum Gasteiger partial charge on any atom is -0.464 e. The second kappa shape index (κ2) is 9.29. The van der Waals surface area contributed by atoms with E-state index < -0.39 is 15.7 Å². The van der Waals surface area contributed by atoms with E-state index in [0.717, 1.165) is 28.2 Å². The van der Waals surface area contributed by atoms with Gasteiger partial charge >= 0.3 is 11.7 Å². The van der Waals surface area contributed by atoms with Crippen LogP contribution in [0.25, 0.3) is 11.2 Å². The molecule has 2 aromatic rings. The van der Waals surface area contributed by atoms with Gasteiger partial charge in [-0.05, 0) is 31.6 Å². The van der Waals surface area contributed by atoms with E-state index in [1.54, 1.807) is 6.92 Å². The molecule has 0 aromatic carbocycles. The van der Waals surface area contributed by atoms with Gasteiger partial charge in [0.1, 0.15) is 5.52 Å². The van der Waals surface area contributed by atoms with Crippen LogP contribution in [0.4, 0.5) is 5.82 Å². The number of rotatable bonds is 11. The number of aromatic amines is 1. The van der Waals surface area contributed by atoms with Crippen LogP contribution in [0.1, 0.15) is 40.0 Å². The van der Waals surface area contributed by atoms with Crippen LogP contribution in [0.3, 0.4) is 0 Å². The summed E-state index contributed by atoms with van der Waals surface area (Å²) < 4.78 is 32.4. The summed E-state index contributed by atoms with van der Waals surface area (Å²) in [6, 6.07) is -0.0240. The Morgan fingerprint density at radius 3 is 2.62 bits per heavy atom. The number of nitrogens with two attached hydrogens (primary N) is 1. The van der Waals surface area contributed by atoms with Gasteiger partial charge in [0.25, 0.3) is 0 Å². The molecule has 0 aliphatic carbocycles. The monoisotopic (exact) mass is 426 g/mol. The Labute approximate surface area is 170 Å². The molecule has 0 spiro atoms. The maximum Gasteiger partial charge on any atom is 0.347 e. The number of anilines is 1. The number of aromatic nitrogens is 4. The number of nitrogens with one attached hydrogen (secondary N) is 1. The lowest BCUT2D eigenvalue weighted by Crippen LogP contribution is -2.46. The third kappa shape index (κ3) is 5.08. The summed E-state index contributed by atoms with van der Waals surface area (Å²) in [5.74, 6) is 0.631. The molecule has 0 aliphatic heterocycles. The van der Waals surface area contributed by atoms with Crippen molar-refractivity contribution in [3.05, 3.63) is 23.1 Å². The van der Waals surface area contributed by atoms with Crippen molar-refractivity contribution < 1.29 is 13.2 Å². The highest BCUT2D eigenvalue weighted by atomic mass is 32.2. The van der Waals surface area contributed by atoms with Crippen molar-refractivity contribution in [2.45, 2.75) is 40.0 Å². The van der Waals surface area contributed by atoms with Gasteiger partial charge in [0.2, 0.25) is 10.0 Å². The third-order valence-electron chi connectivity index (χ3n) is 4.98. The van der Waals surface area contributed by atoms with Gasteiger partial charge in [-0.25, -0.2) is 17.6 Å². The van der Waals surface area contributed by atoms with Crippen molar-refractivity contribution in [2.75, 3.05) is 29.6 Å². The summed E-state index contributed by atoms with van der Waals surface area (Å²) in [5.41, 5.74) is 5.46. The SMILES string of the molecule is C=CCC(CC)C(C)CCN(n1c(=O)[nH]c2c(N)nc(OCC)nc21)S(C)(=O)=O. The third-order valence-corrected chi connectivity index (χ3v) is 6.09. The normalized spacial score (nSPS) is 13.9. The van der Waals surface area contributed by atoms with Crippen molar-refractivity contribution in [1.29, 1.82) is 0 Å². The van der Waals surface area contributed by atoms with E-state index in [-0.39, 0.29) is 35.5 Å². The Kier molecular flexibility index (Phi) is 7.28. The number of fused-ring (bicyclic) bond motifs is 1. The van der Waals surface area contributed by atoms with E-state index in [1.165, 1.54) is 0 Å². The fourth-order valence-corrected chi connectivity index (χ4v) is 4.24. The molecule has 3 N–H and O–H groups in total. The highest BCUT2D eigenvalue weighted by Crippen LogP contribution is 2.24. The molecule has 0 saturated heterocycles. The first-order valence-corrected chi connectivity index (χ1v) is 11.5. The second-order valence-electron chi connectivity index (χ2n) is 7.03. The van der Waals surface area contributed by atoms with E-state index in [4.69, 9.17) is 10.5 Å². The summed E-state index contributed by atoms with van der Waals surface area (Å²) in [7, 11) is -3.77. The molecule has 29 heavy (non-hydrogen) atoms. The standard InChI is InChI=1S/C18H30N6O4S/c1-6-9-13(7-2)12(4)10-11-23(29(5,26)27)24-16-14(20-18(24)25)15(19)21-17(22-16)28-8-3/h6,12-13H,1,7-11H2,2-5H3,(H,20,25)(H2,19,21,22). The first-order valence-electron chi connectivity index (χ1n) is 9.63. The summed E-state index contributed by atoms with van der Waals surface area (Å²) in [5, 5.41) is 0. The second-order valence-corrected chi connectivity index (χ2v) is 8.92. The van der Waals surface area contributed by atoms with Crippen molar-refractivity contribution in [2.24, 2.45) is 11.8 Å². The smallest absolute Gasteiger partial charge is 0.347 e. The minimum absolute atomic E-state index is 0.00755. The average Bonchev–Trinajstić information content (AvgIpc) is 2.96. The quantitative estimate of drug-likeness (QED) is 0.521. The van der Waals surface area contributed by atoms with E-state index >= 15 is 0 Å². The molecule has 162 valence electrons. The Hall–Kier alpha value is -2.56. The largest absolute Gasteiger partial charge is 0.464 e. The van der Waals surface area contributed by atoms with Gasteiger partial charge in [-0.15, -0.1) is 6.58 Å². The van der Waals surface area contributed by atoms with Crippen LogP contribution in [0, 0.1) is 11.8 Å². The van der Waals surface area contributed by atoms with Crippen LogP contribution in [-0.4, -0.2) is 47.5 Å². The molecule has 0 saturated carbocycles. The topological polar surface area (TPSA) is 136 Å². The van der Waals surface area contributed by atoms with Crippen molar-refractivity contribution in [3.8, 4) is 6.01 Å².